The SMILES string of the molecule is Cc1cc(CNC(C)(C)C)cc(C)c1OCCO. The Hall–Kier alpha value is -1.06. The molecule has 1 aromatic carbocycles. The Balaban J connectivity index is 2.79. The first-order valence-electron chi connectivity index (χ1n) is 6.42. The van der Waals surface area contributed by atoms with Gasteiger partial charge in [-0.05, 0) is 51.3 Å². The van der Waals surface area contributed by atoms with Crippen molar-refractivity contribution < 1.29 is 9.84 Å². The molecule has 2 N–H and O–H groups in total. The molecule has 0 aromatic heterocycles. The van der Waals surface area contributed by atoms with Crippen molar-refractivity contribution in [1.82, 2.24) is 5.32 Å². The molecule has 0 bridgehead atoms. The van der Waals surface area contributed by atoms with E-state index in [0.29, 0.717) is 6.61 Å². The quantitative estimate of drug-likeness (QED) is 0.845. The summed E-state index contributed by atoms with van der Waals surface area (Å²) in [5, 5.41) is 12.3. The Bertz CT molecular complexity index is 371. The maximum absolute atomic E-state index is 8.80. The van der Waals surface area contributed by atoms with Gasteiger partial charge in [0, 0.05) is 12.1 Å². The first kappa shape index (κ1) is 15.0. The molecule has 0 aliphatic carbocycles. The zero-order chi connectivity index (χ0) is 13.8. The number of aryl methyl sites for hydroxylation is 2. The smallest absolute Gasteiger partial charge is 0.125 e. The summed E-state index contributed by atoms with van der Waals surface area (Å²) >= 11 is 0. The van der Waals surface area contributed by atoms with E-state index in [1.165, 1.54) is 5.56 Å². The third-order valence-electron chi connectivity index (χ3n) is 2.68. The third kappa shape index (κ3) is 4.67. The highest BCUT2D eigenvalue weighted by atomic mass is 16.5. The first-order chi connectivity index (χ1) is 8.33. The van der Waals surface area contributed by atoms with Crippen molar-refractivity contribution in [1.29, 1.82) is 0 Å². The fourth-order valence-electron chi connectivity index (χ4n) is 1.88. The van der Waals surface area contributed by atoms with Crippen molar-refractivity contribution in [2.24, 2.45) is 0 Å². The molecule has 3 nitrogen and oxygen atoms in total. The van der Waals surface area contributed by atoms with Crippen LogP contribution in [0.2, 0.25) is 0 Å². The summed E-state index contributed by atoms with van der Waals surface area (Å²) in [7, 11) is 0. The van der Waals surface area contributed by atoms with E-state index in [-0.39, 0.29) is 12.1 Å². The molecule has 1 aromatic rings. The lowest BCUT2D eigenvalue weighted by Gasteiger charge is -2.21. The molecule has 18 heavy (non-hydrogen) atoms. The Morgan fingerprint density at radius 1 is 1.17 bits per heavy atom. The normalized spacial score (nSPS) is 11.7. The highest BCUT2D eigenvalue weighted by Crippen LogP contribution is 2.25. The number of benzene rings is 1. The molecule has 0 saturated heterocycles. The first-order valence-corrected chi connectivity index (χ1v) is 6.42. The number of aliphatic hydroxyl groups excluding tert-OH is 1. The van der Waals surface area contributed by atoms with E-state index in [4.69, 9.17) is 9.84 Å². The van der Waals surface area contributed by atoms with Crippen LogP contribution in [0.25, 0.3) is 0 Å². The number of hydrogen-bond acceptors (Lipinski definition) is 3. The summed E-state index contributed by atoms with van der Waals surface area (Å²) in [6.45, 7) is 11.8. The summed E-state index contributed by atoms with van der Waals surface area (Å²) in [6.07, 6.45) is 0. The Morgan fingerprint density at radius 2 is 1.72 bits per heavy atom. The minimum atomic E-state index is 0.0478. The van der Waals surface area contributed by atoms with E-state index in [1.54, 1.807) is 0 Å². The van der Waals surface area contributed by atoms with Gasteiger partial charge in [-0.2, -0.15) is 0 Å². The molecule has 0 aliphatic heterocycles. The van der Waals surface area contributed by atoms with Gasteiger partial charge in [0.25, 0.3) is 0 Å². The minimum absolute atomic E-state index is 0.0478. The van der Waals surface area contributed by atoms with Crippen molar-refractivity contribution in [3.8, 4) is 5.75 Å². The molecule has 0 atom stereocenters. The summed E-state index contributed by atoms with van der Waals surface area (Å²) in [6, 6.07) is 4.27. The maximum atomic E-state index is 8.80. The van der Waals surface area contributed by atoms with Crippen LogP contribution in [0.5, 0.6) is 5.75 Å². The van der Waals surface area contributed by atoms with Gasteiger partial charge in [-0.1, -0.05) is 12.1 Å². The van der Waals surface area contributed by atoms with E-state index in [2.05, 4.69) is 38.2 Å². The molecule has 0 heterocycles. The fraction of sp³-hybridized carbons (Fsp3) is 0.600. The predicted octanol–water partition coefficient (Wildman–Crippen LogP) is 2.56. The lowest BCUT2D eigenvalue weighted by atomic mass is 10.0. The standard InChI is InChI=1S/C15H25NO2/c1-11-8-13(10-16-15(3,4)5)9-12(2)14(11)18-7-6-17/h8-9,16-17H,6-7,10H2,1-5H3. The molecule has 0 radical (unpaired) electrons. The molecular formula is C15H25NO2. The summed E-state index contributed by atoms with van der Waals surface area (Å²) in [5.41, 5.74) is 3.62. The Labute approximate surface area is 110 Å². The zero-order valence-corrected chi connectivity index (χ0v) is 12.1. The number of hydrogen-bond donors (Lipinski definition) is 2. The molecule has 3 heteroatoms. The average Bonchev–Trinajstić information content (AvgIpc) is 2.24. The number of aliphatic hydroxyl groups is 1. The van der Waals surface area contributed by atoms with Crippen LogP contribution in [0.3, 0.4) is 0 Å². The average molecular weight is 251 g/mol. The van der Waals surface area contributed by atoms with Crippen LogP contribution in [-0.2, 0) is 6.54 Å². The van der Waals surface area contributed by atoms with Crippen LogP contribution in [0.1, 0.15) is 37.5 Å². The highest BCUT2D eigenvalue weighted by Gasteiger charge is 2.10. The van der Waals surface area contributed by atoms with E-state index in [0.717, 1.165) is 23.4 Å². The monoisotopic (exact) mass is 251 g/mol. The number of ether oxygens (including phenoxy) is 1. The van der Waals surface area contributed by atoms with Crippen molar-refractivity contribution in [3.63, 3.8) is 0 Å². The maximum Gasteiger partial charge on any atom is 0.125 e. The van der Waals surface area contributed by atoms with Gasteiger partial charge in [-0.25, -0.2) is 0 Å². The lowest BCUT2D eigenvalue weighted by molar-refractivity contribution is 0.200. The third-order valence-corrected chi connectivity index (χ3v) is 2.68. The van der Waals surface area contributed by atoms with Gasteiger partial charge in [-0.15, -0.1) is 0 Å². The van der Waals surface area contributed by atoms with Gasteiger partial charge < -0.3 is 15.2 Å². The molecule has 0 aliphatic rings. The highest BCUT2D eigenvalue weighted by molar-refractivity contribution is 5.43. The second kappa shape index (κ2) is 6.21. The Kier molecular flexibility index (Phi) is 5.17. The molecule has 102 valence electrons. The van der Waals surface area contributed by atoms with Crippen LogP contribution >= 0.6 is 0 Å². The Morgan fingerprint density at radius 3 is 2.17 bits per heavy atom. The molecule has 0 saturated carbocycles. The topological polar surface area (TPSA) is 41.5 Å². The van der Waals surface area contributed by atoms with E-state index in [1.807, 2.05) is 13.8 Å². The van der Waals surface area contributed by atoms with Crippen LogP contribution in [0.15, 0.2) is 12.1 Å². The van der Waals surface area contributed by atoms with Crippen molar-refractivity contribution >= 4 is 0 Å². The second-order valence-corrected chi connectivity index (χ2v) is 5.73. The van der Waals surface area contributed by atoms with Crippen molar-refractivity contribution in [2.75, 3.05) is 13.2 Å². The fourth-order valence-corrected chi connectivity index (χ4v) is 1.88. The van der Waals surface area contributed by atoms with Gasteiger partial charge in [-0.3, -0.25) is 0 Å². The van der Waals surface area contributed by atoms with Gasteiger partial charge >= 0.3 is 0 Å². The zero-order valence-electron chi connectivity index (χ0n) is 12.1. The summed E-state index contributed by atoms with van der Waals surface area (Å²) < 4.78 is 5.55. The summed E-state index contributed by atoms with van der Waals surface area (Å²) in [4.78, 5) is 0. The minimum Gasteiger partial charge on any atom is -0.491 e. The van der Waals surface area contributed by atoms with E-state index < -0.39 is 0 Å². The largest absolute Gasteiger partial charge is 0.491 e. The second-order valence-electron chi connectivity index (χ2n) is 5.73. The van der Waals surface area contributed by atoms with Gasteiger partial charge in [0.1, 0.15) is 12.4 Å². The molecule has 1 rings (SSSR count). The number of nitrogens with one attached hydrogen (secondary N) is 1. The molecule has 0 spiro atoms. The van der Waals surface area contributed by atoms with E-state index in [9.17, 15) is 0 Å². The predicted molar refractivity (Wildman–Crippen MR) is 75.1 cm³/mol. The van der Waals surface area contributed by atoms with Crippen LogP contribution in [0.4, 0.5) is 0 Å². The summed E-state index contributed by atoms with van der Waals surface area (Å²) in [5.74, 6) is 0.892. The molecule has 0 amide bonds. The van der Waals surface area contributed by atoms with Crippen molar-refractivity contribution in [3.05, 3.63) is 28.8 Å². The molecule has 0 fully saturated rings. The molecular weight excluding hydrogens is 226 g/mol. The number of rotatable bonds is 5. The van der Waals surface area contributed by atoms with Crippen molar-refractivity contribution in [2.45, 2.75) is 46.7 Å². The van der Waals surface area contributed by atoms with Gasteiger partial charge in [0.15, 0.2) is 0 Å². The van der Waals surface area contributed by atoms with Gasteiger partial charge in [0.2, 0.25) is 0 Å². The van der Waals surface area contributed by atoms with Crippen LogP contribution in [0, 0.1) is 13.8 Å². The molecule has 0 unspecified atom stereocenters. The van der Waals surface area contributed by atoms with E-state index >= 15 is 0 Å². The lowest BCUT2D eigenvalue weighted by Crippen LogP contribution is -2.35. The van der Waals surface area contributed by atoms with Crippen LogP contribution in [-0.4, -0.2) is 23.9 Å². The van der Waals surface area contributed by atoms with Gasteiger partial charge in [0.05, 0.1) is 6.61 Å². The van der Waals surface area contributed by atoms with Crippen LogP contribution < -0.4 is 10.1 Å².